The first-order valence-corrected chi connectivity index (χ1v) is 5.87. The highest BCUT2D eigenvalue weighted by molar-refractivity contribution is 5.89. The number of carbonyl (C=O) groups excluding carboxylic acids is 1. The van der Waals surface area contributed by atoms with Crippen molar-refractivity contribution in [3.05, 3.63) is 52.6 Å². The van der Waals surface area contributed by atoms with Gasteiger partial charge < -0.3 is 15.6 Å². The summed E-state index contributed by atoms with van der Waals surface area (Å²) in [6.45, 7) is 1.77. The summed E-state index contributed by atoms with van der Waals surface area (Å²) >= 11 is 0. The quantitative estimate of drug-likeness (QED) is 0.586. The summed E-state index contributed by atoms with van der Waals surface area (Å²) in [4.78, 5) is 28.8. The second kappa shape index (κ2) is 5.83. The maximum atomic E-state index is 11.8. The van der Waals surface area contributed by atoms with Gasteiger partial charge in [0.2, 0.25) is 0 Å². The van der Waals surface area contributed by atoms with E-state index in [4.69, 9.17) is 0 Å². The predicted molar refractivity (Wildman–Crippen MR) is 72.3 cm³/mol. The molecule has 0 radical (unpaired) electrons. The van der Waals surface area contributed by atoms with Crippen LogP contribution in [0.2, 0.25) is 0 Å². The number of H-pyrrole nitrogens is 1. The number of amides is 2. The van der Waals surface area contributed by atoms with Gasteiger partial charge in [-0.15, -0.1) is 0 Å². The lowest BCUT2D eigenvalue weighted by Gasteiger charge is -2.12. The number of nitro benzene ring substituents is 1. The van der Waals surface area contributed by atoms with Crippen LogP contribution in [0.1, 0.15) is 18.8 Å². The van der Waals surface area contributed by atoms with Crippen LogP contribution in [0, 0.1) is 10.1 Å². The fourth-order valence-corrected chi connectivity index (χ4v) is 1.64. The van der Waals surface area contributed by atoms with Crippen LogP contribution in [0.5, 0.6) is 0 Å². The number of carbonyl (C=O) groups is 1. The molecule has 0 saturated heterocycles. The molecular weight excluding hydrogens is 262 g/mol. The lowest BCUT2D eigenvalue weighted by molar-refractivity contribution is -0.384. The van der Waals surface area contributed by atoms with E-state index in [9.17, 15) is 14.9 Å². The average molecular weight is 275 g/mol. The van der Waals surface area contributed by atoms with E-state index in [-0.39, 0.29) is 11.7 Å². The molecule has 8 nitrogen and oxygen atoms in total. The van der Waals surface area contributed by atoms with E-state index < -0.39 is 11.0 Å². The molecule has 0 bridgehead atoms. The van der Waals surface area contributed by atoms with Gasteiger partial charge in [-0.1, -0.05) is 6.07 Å². The zero-order valence-electron chi connectivity index (χ0n) is 10.7. The molecule has 0 fully saturated rings. The van der Waals surface area contributed by atoms with Gasteiger partial charge in [0.25, 0.3) is 5.69 Å². The van der Waals surface area contributed by atoms with Crippen LogP contribution in [0.4, 0.5) is 16.2 Å². The minimum atomic E-state index is -0.519. The van der Waals surface area contributed by atoms with Gasteiger partial charge in [-0.05, 0) is 13.0 Å². The van der Waals surface area contributed by atoms with E-state index >= 15 is 0 Å². The number of rotatable bonds is 4. The fraction of sp³-hybridized carbons (Fsp3) is 0.167. The van der Waals surface area contributed by atoms with Gasteiger partial charge in [-0.2, -0.15) is 0 Å². The number of benzene rings is 1. The number of nitrogens with zero attached hydrogens (tertiary/aromatic N) is 2. The summed E-state index contributed by atoms with van der Waals surface area (Å²) < 4.78 is 0. The van der Waals surface area contributed by atoms with Crippen LogP contribution >= 0.6 is 0 Å². The van der Waals surface area contributed by atoms with Gasteiger partial charge in [0, 0.05) is 30.2 Å². The van der Waals surface area contributed by atoms with Crippen LogP contribution < -0.4 is 10.6 Å². The highest BCUT2D eigenvalue weighted by Gasteiger charge is 2.12. The molecule has 2 aromatic rings. The Morgan fingerprint density at radius 3 is 2.95 bits per heavy atom. The van der Waals surface area contributed by atoms with Crippen LogP contribution in [0.15, 0.2) is 36.7 Å². The normalized spacial score (nSPS) is 11.7. The average Bonchev–Trinajstić information content (AvgIpc) is 2.92. The van der Waals surface area contributed by atoms with E-state index in [1.165, 1.54) is 18.2 Å². The van der Waals surface area contributed by atoms with Crippen LogP contribution in [0.25, 0.3) is 0 Å². The number of nitrogens with one attached hydrogen (secondary N) is 3. The minimum absolute atomic E-state index is 0.0816. The molecule has 8 heteroatoms. The molecule has 0 aliphatic rings. The lowest BCUT2D eigenvalue weighted by Crippen LogP contribution is -2.31. The van der Waals surface area contributed by atoms with Gasteiger partial charge >= 0.3 is 6.03 Å². The third kappa shape index (κ3) is 3.31. The van der Waals surface area contributed by atoms with E-state index in [2.05, 4.69) is 20.6 Å². The Morgan fingerprint density at radius 1 is 1.50 bits per heavy atom. The number of aromatic amines is 1. The second-order valence-electron chi connectivity index (χ2n) is 4.10. The van der Waals surface area contributed by atoms with E-state index in [0.717, 1.165) is 0 Å². The Bertz CT molecular complexity index is 611. The van der Waals surface area contributed by atoms with Crippen molar-refractivity contribution in [2.45, 2.75) is 13.0 Å². The van der Waals surface area contributed by atoms with Gasteiger partial charge in [-0.3, -0.25) is 10.1 Å². The molecule has 3 N–H and O–H groups in total. The Morgan fingerprint density at radius 2 is 2.30 bits per heavy atom. The highest BCUT2D eigenvalue weighted by Crippen LogP contribution is 2.17. The fourth-order valence-electron chi connectivity index (χ4n) is 1.64. The second-order valence-corrected chi connectivity index (χ2v) is 4.10. The number of anilines is 1. The Hall–Kier alpha value is -2.90. The van der Waals surface area contributed by atoms with Crippen molar-refractivity contribution in [3.63, 3.8) is 0 Å². The first-order chi connectivity index (χ1) is 9.56. The maximum absolute atomic E-state index is 11.8. The van der Waals surface area contributed by atoms with Crippen molar-refractivity contribution in [1.82, 2.24) is 15.3 Å². The number of non-ortho nitro benzene ring substituents is 1. The number of imidazole rings is 1. The summed E-state index contributed by atoms with van der Waals surface area (Å²) in [5.74, 6) is 0.624. The SMILES string of the molecule is C[C@@H](NC(=O)Nc1cccc([N+](=O)[O-])c1)c1ncc[nH]1. The van der Waals surface area contributed by atoms with Gasteiger partial charge in [-0.25, -0.2) is 9.78 Å². The van der Waals surface area contributed by atoms with Crippen LogP contribution in [-0.2, 0) is 0 Å². The summed E-state index contributed by atoms with van der Waals surface area (Å²) in [6.07, 6.45) is 3.25. The zero-order valence-corrected chi connectivity index (χ0v) is 10.7. The molecule has 20 heavy (non-hydrogen) atoms. The lowest BCUT2D eigenvalue weighted by atomic mass is 10.3. The smallest absolute Gasteiger partial charge is 0.319 e. The third-order valence-electron chi connectivity index (χ3n) is 2.59. The van der Waals surface area contributed by atoms with Crippen molar-refractivity contribution in [2.75, 3.05) is 5.32 Å². The molecule has 1 aromatic heterocycles. The molecule has 2 rings (SSSR count). The molecule has 0 unspecified atom stereocenters. The predicted octanol–water partition coefficient (Wildman–Crippen LogP) is 2.20. The minimum Gasteiger partial charge on any atom is -0.347 e. The molecule has 104 valence electrons. The highest BCUT2D eigenvalue weighted by atomic mass is 16.6. The van der Waals surface area contributed by atoms with Crippen molar-refractivity contribution < 1.29 is 9.72 Å². The molecule has 1 aromatic carbocycles. The van der Waals surface area contributed by atoms with Gasteiger partial charge in [0.15, 0.2) is 0 Å². The first kappa shape index (κ1) is 13.5. The monoisotopic (exact) mass is 275 g/mol. The number of aromatic nitrogens is 2. The summed E-state index contributed by atoms with van der Waals surface area (Å²) in [6, 6.07) is 4.96. The number of nitro groups is 1. The topological polar surface area (TPSA) is 113 Å². The Labute approximate surface area is 114 Å². The number of hydrogen-bond acceptors (Lipinski definition) is 4. The van der Waals surface area contributed by atoms with Gasteiger partial charge in [0.05, 0.1) is 11.0 Å². The molecule has 0 saturated carbocycles. The van der Waals surface area contributed by atoms with Crippen molar-refractivity contribution in [3.8, 4) is 0 Å². The summed E-state index contributed by atoms with van der Waals surface area (Å²) in [5.41, 5.74) is 0.269. The Balaban J connectivity index is 1.98. The third-order valence-corrected chi connectivity index (χ3v) is 2.59. The van der Waals surface area contributed by atoms with Crippen LogP contribution in [0.3, 0.4) is 0 Å². The molecular formula is C12H13N5O3. The summed E-state index contributed by atoms with van der Waals surface area (Å²) in [7, 11) is 0. The van der Waals surface area contributed by atoms with E-state index in [1.54, 1.807) is 25.4 Å². The first-order valence-electron chi connectivity index (χ1n) is 5.87. The van der Waals surface area contributed by atoms with Gasteiger partial charge in [0.1, 0.15) is 5.82 Å². The number of hydrogen-bond donors (Lipinski definition) is 3. The maximum Gasteiger partial charge on any atom is 0.319 e. The standard InChI is InChI=1S/C12H13N5O3/c1-8(11-13-5-6-14-11)15-12(18)16-9-3-2-4-10(7-9)17(19)20/h2-8H,1H3,(H,13,14)(H2,15,16,18)/t8-/m1/s1. The van der Waals surface area contributed by atoms with Crippen molar-refractivity contribution >= 4 is 17.4 Å². The number of urea groups is 1. The molecule has 1 atom stereocenters. The zero-order chi connectivity index (χ0) is 14.5. The van der Waals surface area contributed by atoms with E-state index in [0.29, 0.717) is 11.5 Å². The van der Waals surface area contributed by atoms with Crippen molar-refractivity contribution in [1.29, 1.82) is 0 Å². The largest absolute Gasteiger partial charge is 0.347 e. The van der Waals surface area contributed by atoms with Crippen molar-refractivity contribution in [2.24, 2.45) is 0 Å². The van der Waals surface area contributed by atoms with Crippen LogP contribution in [-0.4, -0.2) is 20.9 Å². The van der Waals surface area contributed by atoms with E-state index in [1.807, 2.05) is 0 Å². The molecule has 0 spiro atoms. The Kier molecular flexibility index (Phi) is 3.94. The molecule has 0 aliphatic carbocycles. The molecule has 0 aliphatic heterocycles. The molecule has 2 amide bonds. The summed E-state index contributed by atoms with van der Waals surface area (Å²) in [5, 5.41) is 15.8. The molecule has 1 heterocycles.